The topological polar surface area (TPSA) is 71.2 Å². The van der Waals surface area contributed by atoms with Crippen LogP contribution in [0, 0.1) is 0 Å². The predicted octanol–water partition coefficient (Wildman–Crippen LogP) is -0.459. The molecule has 0 fully saturated rings. The van der Waals surface area contributed by atoms with Crippen molar-refractivity contribution in [1.29, 1.82) is 0 Å². The maximum Gasteiger partial charge on any atom is 0.0866 e. The largest absolute Gasteiger partial charge is 0.391 e. The molecule has 1 aromatic heterocycles. The molecule has 0 aliphatic rings. The molecule has 0 amide bonds. The lowest BCUT2D eigenvalue weighted by molar-refractivity contribution is 0.140. The number of aromatic nitrogens is 3. The van der Waals surface area contributed by atoms with Crippen LogP contribution in [0.25, 0.3) is 0 Å². The fourth-order valence-corrected chi connectivity index (χ4v) is 0.884. The van der Waals surface area contributed by atoms with Crippen molar-refractivity contribution in [3.8, 4) is 0 Å². The van der Waals surface area contributed by atoms with Crippen LogP contribution >= 0.6 is 0 Å². The molecule has 0 aliphatic heterocycles. The molecule has 0 bridgehead atoms. The van der Waals surface area contributed by atoms with E-state index < -0.39 is 6.10 Å². The minimum absolute atomic E-state index is 0.0938. The summed E-state index contributed by atoms with van der Waals surface area (Å²) in [6.07, 6.45) is 1.74. The first-order valence-electron chi connectivity index (χ1n) is 3.94. The summed E-state index contributed by atoms with van der Waals surface area (Å²) in [7, 11) is 0. The van der Waals surface area contributed by atoms with E-state index in [1.165, 1.54) is 10.9 Å². The zero-order valence-electron chi connectivity index (χ0n) is 7.01. The molecule has 5 nitrogen and oxygen atoms in total. The van der Waals surface area contributed by atoms with Gasteiger partial charge in [-0.3, -0.25) is 0 Å². The molecule has 0 spiro atoms. The summed E-state index contributed by atoms with van der Waals surface area (Å²) in [5.74, 6) is 0. The van der Waals surface area contributed by atoms with Crippen molar-refractivity contribution in [2.24, 2.45) is 0 Å². The Morgan fingerprint density at radius 1 is 1.67 bits per heavy atom. The van der Waals surface area contributed by atoms with Crippen molar-refractivity contribution >= 4 is 0 Å². The van der Waals surface area contributed by atoms with Gasteiger partial charge < -0.3 is 10.2 Å². The van der Waals surface area contributed by atoms with Gasteiger partial charge in [0.25, 0.3) is 0 Å². The molecule has 68 valence electrons. The van der Waals surface area contributed by atoms with Gasteiger partial charge in [0.1, 0.15) is 0 Å². The fraction of sp³-hybridized carbons (Fsp3) is 0.714. The highest BCUT2D eigenvalue weighted by Gasteiger charge is 2.06. The number of aliphatic hydroxyl groups is 2. The van der Waals surface area contributed by atoms with Gasteiger partial charge in [-0.05, 0) is 6.42 Å². The van der Waals surface area contributed by atoms with E-state index in [0.717, 1.165) is 0 Å². The number of rotatable bonds is 4. The third-order valence-corrected chi connectivity index (χ3v) is 1.71. The van der Waals surface area contributed by atoms with Crippen molar-refractivity contribution in [1.82, 2.24) is 15.0 Å². The van der Waals surface area contributed by atoms with E-state index in [9.17, 15) is 5.11 Å². The summed E-state index contributed by atoms with van der Waals surface area (Å²) in [5.41, 5.74) is 0.627. The van der Waals surface area contributed by atoms with Crippen LogP contribution < -0.4 is 0 Å². The summed E-state index contributed by atoms with van der Waals surface area (Å²) in [5, 5.41) is 25.4. The first-order valence-corrected chi connectivity index (χ1v) is 3.94. The highest BCUT2D eigenvalue weighted by molar-refractivity contribution is 4.91. The van der Waals surface area contributed by atoms with E-state index in [0.29, 0.717) is 18.7 Å². The van der Waals surface area contributed by atoms with Gasteiger partial charge in [-0.2, -0.15) is 0 Å². The third-order valence-electron chi connectivity index (χ3n) is 1.71. The second kappa shape index (κ2) is 4.18. The standard InChI is InChI=1S/C7H13N3O2/c1-2-7(12)4-10-6(5-11)3-8-9-10/h3,7,11-12H,2,4-5H2,1H3/t7-/m1/s1. The monoisotopic (exact) mass is 171 g/mol. The third kappa shape index (κ3) is 2.02. The van der Waals surface area contributed by atoms with E-state index in [1.54, 1.807) is 0 Å². The Morgan fingerprint density at radius 2 is 2.42 bits per heavy atom. The fourth-order valence-electron chi connectivity index (χ4n) is 0.884. The zero-order valence-corrected chi connectivity index (χ0v) is 7.01. The summed E-state index contributed by atoms with van der Waals surface area (Å²) in [6.45, 7) is 2.19. The zero-order chi connectivity index (χ0) is 8.97. The molecule has 0 aliphatic carbocycles. The maximum absolute atomic E-state index is 9.28. The Hall–Kier alpha value is -0.940. The van der Waals surface area contributed by atoms with Crippen molar-refractivity contribution in [3.05, 3.63) is 11.9 Å². The molecule has 1 heterocycles. The van der Waals surface area contributed by atoms with E-state index in [1.807, 2.05) is 6.92 Å². The minimum atomic E-state index is -0.419. The second-order valence-electron chi connectivity index (χ2n) is 2.63. The van der Waals surface area contributed by atoms with Crippen LogP contribution in [0.5, 0.6) is 0 Å². The molecule has 0 aromatic carbocycles. The highest BCUT2D eigenvalue weighted by atomic mass is 16.3. The van der Waals surface area contributed by atoms with Gasteiger partial charge in [0.15, 0.2) is 0 Å². The first-order chi connectivity index (χ1) is 5.77. The normalized spacial score (nSPS) is 13.2. The summed E-state index contributed by atoms with van der Waals surface area (Å²) >= 11 is 0. The molecule has 0 radical (unpaired) electrons. The van der Waals surface area contributed by atoms with Crippen molar-refractivity contribution in [2.75, 3.05) is 0 Å². The van der Waals surface area contributed by atoms with Crippen molar-refractivity contribution < 1.29 is 10.2 Å². The van der Waals surface area contributed by atoms with Gasteiger partial charge in [0.2, 0.25) is 0 Å². The molecule has 1 rings (SSSR count). The van der Waals surface area contributed by atoms with Gasteiger partial charge in [-0.1, -0.05) is 12.1 Å². The lowest BCUT2D eigenvalue weighted by Crippen LogP contribution is -2.17. The number of aliphatic hydroxyl groups excluding tert-OH is 2. The van der Waals surface area contributed by atoms with Crippen LogP contribution in [0.4, 0.5) is 0 Å². The Balaban J connectivity index is 2.61. The van der Waals surface area contributed by atoms with Crippen LogP contribution in [-0.4, -0.2) is 31.3 Å². The van der Waals surface area contributed by atoms with E-state index in [-0.39, 0.29) is 6.61 Å². The average molecular weight is 171 g/mol. The molecule has 1 atom stereocenters. The van der Waals surface area contributed by atoms with Crippen LogP contribution in [0.3, 0.4) is 0 Å². The highest BCUT2D eigenvalue weighted by Crippen LogP contribution is 1.99. The molecule has 1 aromatic rings. The lowest BCUT2D eigenvalue weighted by Gasteiger charge is -2.08. The SMILES string of the molecule is CC[C@@H](O)Cn1nncc1CO. The molecular formula is C7H13N3O2. The number of hydrogen-bond donors (Lipinski definition) is 2. The lowest BCUT2D eigenvalue weighted by atomic mass is 10.3. The van der Waals surface area contributed by atoms with Gasteiger partial charge in [0.05, 0.1) is 31.1 Å². The quantitative estimate of drug-likeness (QED) is 0.643. The smallest absolute Gasteiger partial charge is 0.0866 e. The number of hydrogen-bond acceptors (Lipinski definition) is 4. The Bertz CT molecular complexity index is 236. The average Bonchev–Trinajstić information content (AvgIpc) is 2.51. The first kappa shape index (κ1) is 9.15. The maximum atomic E-state index is 9.28. The van der Waals surface area contributed by atoms with Gasteiger partial charge in [0, 0.05) is 0 Å². The van der Waals surface area contributed by atoms with Gasteiger partial charge in [-0.15, -0.1) is 5.10 Å². The van der Waals surface area contributed by atoms with Gasteiger partial charge in [-0.25, -0.2) is 4.68 Å². The molecule has 5 heteroatoms. The van der Waals surface area contributed by atoms with E-state index in [2.05, 4.69) is 10.3 Å². The van der Waals surface area contributed by atoms with Crippen LogP contribution in [-0.2, 0) is 13.2 Å². The molecule has 12 heavy (non-hydrogen) atoms. The summed E-state index contributed by atoms with van der Waals surface area (Å²) in [6, 6.07) is 0. The van der Waals surface area contributed by atoms with Crippen molar-refractivity contribution in [3.63, 3.8) is 0 Å². The van der Waals surface area contributed by atoms with Crippen LogP contribution in [0.15, 0.2) is 6.20 Å². The van der Waals surface area contributed by atoms with Gasteiger partial charge >= 0.3 is 0 Å². The Labute approximate surface area is 70.6 Å². The Morgan fingerprint density at radius 3 is 3.00 bits per heavy atom. The molecular weight excluding hydrogens is 158 g/mol. The van der Waals surface area contributed by atoms with Crippen LogP contribution in [0.2, 0.25) is 0 Å². The van der Waals surface area contributed by atoms with Crippen LogP contribution in [0.1, 0.15) is 19.0 Å². The van der Waals surface area contributed by atoms with Crippen molar-refractivity contribution in [2.45, 2.75) is 32.6 Å². The summed E-state index contributed by atoms with van der Waals surface area (Å²) in [4.78, 5) is 0. The molecule has 0 saturated carbocycles. The summed E-state index contributed by atoms with van der Waals surface area (Å²) < 4.78 is 1.51. The predicted molar refractivity (Wildman–Crippen MR) is 42.2 cm³/mol. The Kier molecular flexibility index (Phi) is 3.19. The minimum Gasteiger partial charge on any atom is -0.391 e. The molecule has 0 unspecified atom stereocenters. The van der Waals surface area contributed by atoms with E-state index in [4.69, 9.17) is 5.11 Å². The number of nitrogens with zero attached hydrogens (tertiary/aromatic N) is 3. The molecule has 2 N–H and O–H groups in total. The van der Waals surface area contributed by atoms with E-state index >= 15 is 0 Å². The molecule has 0 saturated heterocycles. The second-order valence-corrected chi connectivity index (χ2v) is 2.63.